The van der Waals surface area contributed by atoms with Gasteiger partial charge in [0.1, 0.15) is 41.9 Å². The van der Waals surface area contributed by atoms with Gasteiger partial charge in [-0.3, -0.25) is 5.32 Å². The SMILES string of the molecule is Cc1cc(OCc2nnc(C34CC(NC(O)COc5ccc(Cl)c(F)c5)(C3)C4)o2)cnc1C#N. The maximum atomic E-state index is 13.5. The van der Waals surface area contributed by atoms with Gasteiger partial charge in [-0.2, -0.15) is 5.26 Å². The maximum absolute atomic E-state index is 13.5. The van der Waals surface area contributed by atoms with Crippen molar-refractivity contribution in [2.75, 3.05) is 6.61 Å². The number of rotatable bonds is 9. The van der Waals surface area contributed by atoms with Gasteiger partial charge in [-0.05, 0) is 49.9 Å². The number of aliphatic hydroxyl groups excluding tert-OH is 1. The third kappa shape index (κ3) is 4.18. The number of nitrogens with one attached hydrogen (secondary N) is 1. The Kier molecular flexibility index (Phi) is 5.64. The maximum Gasteiger partial charge on any atom is 0.253 e. The quantitative estimate of drug-likeness (QED) is 0.439. The monoisotopic (exact) mass is 485 g/mol. The number of ether oxygens (including phenoxy) is 2. The second kappa shape index (κ2) is 8.51. The summed E-state index contributed by atoms with van der Waals surface area (Å²) in [7, 11) is 0. The highest BCUT2D eigenvalue weighted by atomic mass is 35.5. The highest BCUT2D eigenvalue weighted by molar-refractivity contribution is 6.30. The molecule has 0 amide bonds. The summed E-state index contributed by atoms with van der Waals surface area (Å²) in [5.74, 6) is 1.15. The van der Waals surface area contributed by atoms with Crippen molar-refractivity contribution in [3.05, 3.63) is 64.3 Å². The smallest absolute Gasteiger partial charge is 0.253 e. The molecular formula is C23H21ClFN5O4. The Labute approximate surface area is 199 Å². The van der Waals surface area contributed by atoms with Crippen molar-refractivity contribution in [1.29, 1.82) is 5.26 Å². The molecule has 3 aromatic rings. The molecule has 11 heteroatoms. The van der Waals surface area contributed by atoms with Gasteiger partial charge in [-0.15, -0.1) is 10.2 Å². The van der Waals surface area contributed by atoms with E-state index in [1.807, 2.05) is 6.07 Å². The van der Waals surface area contributed by atoms with Gasteiger partial charge in [0, 0.05) is 11.6 Å². The minimum atomic E-state index is -0.909. The number of hydrogen-bond acceptors (Lipinski definition) is 9. The summed E-state index contributed by atoms with van der Waals surface area (Å²) in [5.41, 5.74) is 0.690. The van der Waals surface area contributed by atoms with E-state index in [2.05, 4.69) is 20.5 Å². The second-order valence-electron chi connectivity index (χ2n) is 8.88. The normalized spacial score (nSPS) is 23.4. The van der Waals surface area contributed by atoms with Gasteiger partial charge in [0.05, 0.1) is 16.6 Å². The first-order valence-electron chi connectivity index (χ1n) is 10.7. The molecule has 3 fully saturated rings. The number of nitriles is 1. The number of aromatic nitrogens is 3. The Balaban J connectivity index is 1.10. The minimum Gasteiger partial charge on any atom is -0.489 e. The number of benzene rings is 1. The lowest BCUT2D eigenvalue weighted by Crippen LogP contribution is -2.77. The van der Waals surface area contributed by atoms with Crippen molar-refractivity contribution in [2.24, 2.45) is 0 Å². The molecule has 3 aliphatic rings. The van der Waals surface area contributed by atoms with Gasteiger partial charge in [-0.1, -0.05) is 11.6 Å². The molecule has 1 atom stereocenters. The molecule has 2 heterocycles. The number of nitrogens with zero attached hydrogens (tertiary/aromatic N) is 4. The highest BCUT2D eigenvalue weighted by Gasteiger charge is 2.71. The van der Waals surface area contributed by atoms with Gasteiger partial charge in [0.15, 0.2) is 6.61 Å². The molecule has 1 unspecified atom stereocenters. The van der Waals surface area contributed by atoms with Crippen LogP contribution in [0.1, 0.15) is 42.3 Å². The fraction of sp³-hybridized carbons (Fsp3) is 0.391. The molecule has 34 heavy (non-hydrogen) atoms. The molecule has 0 radical (unpaired) electrons. The Morgan fingerprint density at radius 3 is 2.76 bits per heavy atom. The lowest BCUT2D eigenvalue weighted by atomic mass is 9.39. The van der Waals surface area contributed by atoms with E-state index in [-0.39, 0.29) is 29.2 Å². The van der Waals surface area contributed by atoms with Gasteiger partial charge in [0.25, 0.3) is 5.89 Å². The van der Waals surface area contributed by atoms with E-state index in [0.717, 1.165) is 24.8 Å². The molecule has 0 saturated heterocycles. The van der Waals surface area contributed by atoms with Crippen LogP contribution in [0.3, 0.4) is 0 Å². The summed E-state index contributed by atoms with van der Waals surface area (Å²) in [6.07, 6.45) is 2.85. The van der Waals surface area contributed by atoms with Crippen LogP contribution in [-0.4, -0.2) is 38.7 Å². The van der Waals surface area contributed by atoms with E-state index in [0.29, 0.717) is 29.0 Å². The number of hydrogen-bond donors (Lipinski definition) is 2. The largest absolute Gasteiger partial charge is 0.489 e. The van der Waals surface area contributed by atoms with E-state index in [1.165, 1.54) is 18.3 Å². The molecule has 6 rings (SSSR count). The van der Waals surface area contributed by atoms with E-state index >= 15 is 0 Å². The summed E-state index contributed by atoms with van der Waals surface area (Å²) in [4.78, 5) is 4.04. The number of aryl methyl sites for hydroxylation is 1. The first-order valence-corrected chi connectivity index (χ1v) is 11.0. The average molecular weight is 486 g/mol. The molecule has 3 saturated carbocycles. The average Bonchev–Trinajstić information content (AvgIpc) is 3.23. The molecule has 0 aliphatic heterocycles. The zero-order chi connectivity index (χ0) is 23.9. The van der Waals surface area contributed by atoms with Crippen molar-refractivity contribution in [1.82, 2.24) is 20.5 Å². The molecular weight excluding hydrogens is 465 g/mol. The fourth-order valence-electron chi connectivity index (χ4n) is 4.72. The van der Waals surface area contributed by atoms with E-state index in [4.69, 9.17) is 30.8 Å². The highest BCUT2D eigenvalue weighted by Crippen LogP contribution is 2.67. The zero-order valence-corrected chi connectivity index (χ0v) is 19.0. The van der Waals surface area contributed by atoms with E-state index < -0.39 is 12.0 Å². The predicted molar refractivity (Wildman–Crippen MR) is 117 cm³/mol. The van der Waals surface area contributed by atoms with Crippen molar-refractivity contribution < 1.29 is 23.4 Å². The van der Waals surface area contributed by atoms with Crippen LogP contribution in [0.25, 0.3) is 0 Å². The van der Waals surface area contributed by atoms with Crippen LogP contribution in [0.4, 0.5) is 4.39 Å². The fourth-order valence-corrected chi connectivity index (χ4v) is 4.84. The van der Waals surface area contributed by atoms with Gasteiger partial charge in [0.2, 0.25) is 5.89 Å². The summed E-state index contributed by atoms with van der Waals surface area (Å²) in [5, 5.41) is 30.7. The summed E-state index contributed by atoms with van der Waals surface area (Å²) in [6, 6.07) is 7.88. The van der Waals surface area contributed by atoms with Crippen molar-refractivity contribution in [3.63, 3.8) is 0 Å². The molecule has 9 nitrogen and oxygen atoms in total. The molecule has 2 aromatic heterocycles. The van der Waals surface area contributed by atoms with Gasteiger partial charge in [-0.25, -0.2) is 9.37 Å². The van der Waals surface area contributed by atoms with Crippen LogP contribution in [0, 0.1) is 24.1 Å². The third-order valence-electron chi connectivity index (χ3n) is 6.24. The third-order valence-corrected chi connectivity index (χ3v) is 6.55. The lowest BCUT2D eigenvalue weighted by Gasteiger charge is -2.69. The van der Waals surface area contributed by atoms with Crippen molar-refractivity contribution in [3.8, 4) is 17.6 Å². The molecule has 1 aromatic carbocycles. The topological polar surface area (TPSA) is 126 Å². The standard InChI is InChI=1S/C23H21ClFN5O4/c1-13-4-15(7-27-18(13)6-26)33-9-20-29-30-21(34-20)22-10-23(11-22,12-22)28-19(31)8-32-14-2-3-16(24)17(25)5-14/h2-5,7,19,28,31H,8-12H2,1H3. The second-order valence-corrected chi connectivity index (χ2v) is 9.28. The lowest BCUT2D eigenvalue weighted by molar-refractivity contribution is -0.133. The predicted octanol–water partition coefficient (Wildman–Crippen LogP) is 3.18. The Morgan fingerprint density at radius 2 is 2.06 bits per heavy atom. The van der Waals surface area contributed by atoms with Crippen molar-refractivity contribution in [2.45, 2.75) is 50.0 Å². The van der Waals surface area contributed by atoms with Crippen LogP contribution in [0.2, 0.25) is 5.02 Å². The number of pyridine rings is 1. The summed E-state index contributed by atoms with van der Waals surface area (Å²) in [6.45, 7) is 1.86. The van der Waals surface area contributed by atoms with Crippen LogP contribution in [0.15, 0.2) is 34.9 Å². The first kappa shape index (κ1) is 22.5. The number of halogens is 2. The minimum absolute atomic E-state index is 0.0160. The van der Waals surface area contributed by atoms with Crippen LogP contribution in [0.5, 0.6) is 11.5 Å². The van der Waals surface area contributed by atoms with Crippen LogP contribution in [-0.2, 0) is 12.0 Å². The molecule has 2 N–H and O–H groups in total. The Hall–Kier alpha value is -3.26. The Morgan fingerprint density at radius 1 is 1.26 bits per heavy atom. The zero-order valence-electron chi connectivity index (χ0n) is 18.2. The molecule has 2 bridgehead atoms. The molecule has 176 valence electrons. The van der Waals surface area contributed by atoms with Gasteiger partial charge >= 0.3 is 0 Å². The summed E-state index contributed by atoms with van der Waals surface area (Å²) < 4.78 is 30.4. The summed E-state index contributed by atoms with van der Waals surface area (Å²) >= 11 is 5.66. The Bertz CT molecular complexity index is 1260. The molecule has 3 aliphatic carbocycles. The number of aliphatic hydroxyl groups is 1. The van der Waals surface area contributed by atoms with Crippen molar-refractivity contribution >= 4 is 11.6 Å². The first-order chi connectivity index (χ1) is 16.3. The van der Waals surface area contributed by atoms with E-state index in [9.17, 15) is 9.50 Å². The van der Waals surface area contributed by atoms with Gasteiger partial charge < -0.3 is 19.0 Å². The van der Waals surface area contributed by atoms with Crippen LogP contribution < -0.4 is 14.8 Å². The van der Waals surface area contributed by atoms with E-state index in [1.54, 1.807) is 19.1 Å². The van der Waals surface area contributed by atoms with Crippen LogP contribution >= 0.6 is 11.6 Å². The molecule has 0 spiro atoms.